The number of carbonyl (C=O) groups is 2. The van der Waals surface area contributed by atoms with Crippen LogP contribution in [0.15, 0.2) is 53.9 Å². The standard InChI is InChI=1S/C26H23F4NO3S/c1-14-11-17(13-35-14)15-5-7-16(8-6-15)19-3-2-4-20(23(19)25(33)34)24(32)31-22-10-9-18(12-21(22)27)26(28,29)30/h5-13,19-20,23H,2-4H2,1H3,(H,31,32)(H,33,34)/t19-,20-,23-/m1/s1. The molecule has 1 fully saturated rings. The number of amides is 1. The lowest BCUT2D eigenvalue weighted by molar-refractivity contribution is -0.148. The molecule has 1 aliphatic carbocycles. The number of rotatable bonds is 5. The number of carboxylic acids is 1. The summed E-state index contributed by atoms with van der Waals surface area (Å²) in [6, 6.07) is 11.5. The SMILES string of the molecule is Cc1cc(-c2ccc([C@H]3CCC[C@@H](C(=O)Nc4ccc(C(F)(F)F)cc4F)[C@@H]3C(=O)O)cc2)cs1. The molecule has 0 spiro atoms. The van der Waals surface area contributed by atoms with Crippen LogP contribution in [0, 0.1) is 24.6 Å². The number of aryl methyl sites for hydroxylation is 1. The van der Waals surface area contributed by atoms with E-state index in [-0.39, 0.29) is 6.42 Å². The van der Waals surface area contributed by atoms with Crippen LogP contribution >= 0.6 is 11.3 Å². The first-order valence-corrected chi connectivity index (χ1v) is 12.0. The van der Waals surface area contributed by atoms with Gasteiger partial charge in [-0.05, 0) is 72.0 Å². The summed E-state index contributed by atoms with van der Waals surface area (Å²) in [7, 11) is 0. The van der Waals surface area contributed by atoms with Crippen LogP contribution in [0.25, 0.3) is 11.1 Å². The Bertz CT molecular complexity index is 1240. The van der Waals surface area contributed by atoms with Crippen LogP contribution < -0.4 is 5.32 Å². The van der Waals surface area contributed by atoms with Gasteiger partial charge in [-0.1, -0.05) is 30.7 Å². The van der Waals surface area contributed by atoms with Crippen molar-refractivity contribution in [2.75, 3.05) is 5.32 Å². The van der Waals surface area contributed by atoms with Crippen LogP contribution in [0.5, 0.6) is 0 Å². The highest BCUT2D eigenvalue weighted by Crippen LogP contribution is 2.43. The smallest absolute Gasteiger partial charge is 0.416 e. The maximum atomic E-state index is 14.3. The number of carbonyl (C=O) groups excluding carboxylic acids is 1. The Morgan fingerprint density at radius 3 is 2.31 bits per heavy atom. The molecule has 0 saturated heterocycles. The van der Waals surface area contributed by atoms with E-state index in [0.29, 0.717) is 25.0 Å². The molecule has 3 atom stereocenters. The average Bonchev–Trinajstić information content (AvgIpc) is 3.25. The molecule has 1 heterocycles. The summed E-state index contributed by atoms with van der Waals surface area (Å²) >= 11 is 1.64. The molecule has 2 aromatic carbocycles. The van der Waals surface area contributed by atoms with Gasteiger partial charge in [0.2, 0.25) is 5.91 Å². The summed E-state index contributed by atoms with van der Waals surface area (Å²) in [5.41, 5.74) is 1.30. The van der Waals surface area contributed by atoms with Crippen LogP contribution in [-0.4, -0.2) is 17.0 Å². The first-order chi connectivity index (χ1) is 16.5. The molecule has 4 nitrogen and oxygen atoms in total. The Hall–Kier alpha value is -3.20. The summed E-state index contributed by atoms with van der Waals surface area (Å²) in [5, 5.41) is 14.3. The van der Waals surface area contributed by atoms with Crippen molar-refractivity contribution in [3.05, 3.63) is 75.7 Å². The van der Waals surface area contributed by atoms with E-state index in [1.807, 2.05) is 36.6 Å². The van der Waals surface area contributed by atoms with Crippen LogP contribution in [-0.2, 0) is 15.8 Å². The molecule has 0 aliphatic heterocycles. The third-order valence-corrected chi connectivity index (χ3v) is 7.34. The molecule has 1 saturated carbocycles. The van der Waals surface area contributed by atoms with Crippen LogP contribution in [0.4, 0.5) is 23.2 Å². The number of nitrogens with one attached hydrogen (secondary N) is 1. The number of hydrogen-bond donors (Lipinski definition) is 2. The molecule has 35 heavy (non-hydrogen) atoms. The Labute approximate surface area is 203 Å². The zero-order chi connectivity index (χ0) is 25.3. The molecule has 0 unspecified atom stereocenters. The van der Waals surface area contributed by atoms with Gasteiger partial charge in [-0.3, -0.25) is 9.59 Å². The molecule has 4 rings (SSSR count). The molecule has 3 aromatic rings. The second kappa shape index (κ2) is 9.81. The molecular formula is C26H23F4NO3S. The van der Waals surface area contributed by atoms with Gasteiger partial charge >= 0.3 is 12.1 Å². The highest BCUT2D eigenvalue weighted by molar-refractivity contribution is 7.10. The Balaban J connectivity index is 1.55. The van der Waals surface area contributed by atoms with E-state index in [0.717, 1.165) is 22.8 Å². The van der Waals surface area contributed by atoms with Gasteiger partial charge in [-0.25, -0.2) is 4.39 Å². The highest BCUT2D eigenvalue weighted by atomic mass is 32.1. The van der Waals surface area contributed by atoms with E-state index in [1.54, 1.807) is 11.3 Å². The van der Waals surface area contributed by atoms with Crippen molar-refractivity contribution < 1.29 is 32.3 Å². The lowest BCUT2D eigenvalue weighted by Gasteiger charge is -2.35. The molecule has 0 bridgehead atoms. The average molecular weight is 506 g/mol. The third kappa shape index (κ3) is 5.40. The quantitative estimate of drug-likeness (QED) is 0.363. The Morgan fingerprint density at radius 1 is 1.03 bits per heavy atom. The zero-order valence-electron chi connectivity index (χ0n) is 18.7. The van der Waals surface area contributed by atoms with Gasteiger partial charge in [0.1, 0.15) is 5.82 Å². The molecule has 2 N–H and O–H groups in total. The Morgan fingerprint density at radius 2 is 1.74 bits per heavy atom. The lowest BCUT2D eigenvalue weighted by atomic mass is 9.69. The summed E-state index contributed by atoms with van der Waals surface area (Å²) in [4.78, 5) is 26.4. The summed E-state index contributed by atoms with van der Waals surface area (Å²) in [6.07, 6.45) is -3.26. The van der Waals surface area contributed by atoms with Gasteiger partial charge in [-0.2, -0.15) is 13.2 Å². The molecule has 0 radical (unpaired) electrons. The van der Waals surface area contributed by atoms with Crippen molar-refractivity contribution in [1.29, 1.82) is 0 Å². The van der Waals surface area contributed by atoms with E-state index in [2.05, 4.69) is 11.4 Å². The molecule has 9 heteroatoms. The number of halogens is 4. The predicted octanol–water partition coefficient (Wildman–Crippen LogP) is 7.10. The van der Waals surface area contributed by atoms with Gasteiger partial charge in [0.25, 0.3) is 0 Å². The van der Waals surface area contributed by atoms with Crippen LogP contribution in [0.2, 0.25) is 0 Å². The minimum absolute atomic E-state index is 0.286. The van der Waals surface area contributed by atoms with Crippen LogP contribution in [0.1, 0.15) is 41.2 Å². The maximum Gasteiger partial charge on any atom is 0.416 e. The number of benzene rings is 2. The molecule has 1 amide bonds. The van der Waals surface area contributed by atoms with Crippen molar-refractivity contribution in [2.24, 2.45) is 11.8 Å². The minimum atomic E-state index is -4.72. The minimum Gasteiger partial charge on any atom is -0.481 e. The van der Waals surface area contributed by atoms with Crippen molar-refractivity contribution in [3.63, 3.8) is 0 Å². The van der Waals surface area contributed by atoms with E-state index in [9.17, 15) is 32.3 Å². The predicted molar refractivity (Wildman–Crippen MR) is 126 cm³/mol. The number of anilines is 1. The normalized spacial score (nSPS) is 20.4. The topological polar surface area (TPSA) is 66.4 Å². The largest absolute Gasteiger partial charge is 0.481 e. The summed E-state index contributed by atoms with van der Waals surface area (Å²) in [5.74, 6) is -5.51. The summed E-state index contributed by atoms with van der Waals surface area (Å²) < 4.78 is 52.7. The van der Waals surface area contributed by atoms with E-state index < -0.39 is 52.9 Å². The Kier molecular flexibility index (Phi) is 6.98. The van der Waals surface area contributed by atoms with Crippen molar-refractivity contribution in [3.8, 4) is 11.1 Å². The molecular weight excluding hydrogens is 482 g/mol. The van der Waals surface area contributed by atoms with Gasteiger partial charge in [0.15, 0.2) is 0 Å². The molecule has 1 aromatic heterocycles. The van der Waals surface area contributed by atoms with E-state index in [1.165, 1.54) is 4.88 Å². The van der Waals surface area contributed by atoms with Crippen molar-refractivity contribution in [1.82, 2.24) is 0 Å². The number of carboxylic acid groups (broad SMARTS) is 1. The number of aliphatic carboxylic acids is 1. The monoisotopic (exact) mass is 505 g/mol. The van der Waals surface area contributed by atoms with E-state index >= 15 is 0 Å². The summed E-state index contributed by atoms with van der Waals surface area (Å²) in [6.45, 7) is 2.02. The van der Waals surface area contributed by atoms with Crippen molar-refractivity contribution >= 4 is 28.9 Å². The fraction of sp³-hybridized carbons (Fsp3) is 0.308. The number of thiophene rings is 1. The van der Waals surface area contributed by atoms with Crippen LogP contribution in [0.3, 0.4) is 0 Å². The number of alkyl halides is 3. The number of hydrogen-bond acceptors (Lipinski definition) is 3. The van der Waals surface area contributed by atoms with Gasteiger partial charge in [0.05, 0.1) is 23.1 Å². The second-order valence-corrected chi connectivity index (χ2v) is 9.87. The van der Waals surface area contributed by atoms with Gasteiger partial charge in [0, 0.05) is 4.88 Å². The second-order valence-electron chi connectivity index (χ2n) is 8.76. The molecule has 1 aliphatic rings. The zero-order valence-corrected chi connectivity index (χ0v) is 19.5. The third-order valence-electron chi connectivity index (χ3n) is 6.48. The van der Waals surface area contributed by atoms with Crippen molar-refractivity contribution in [2.45, 2.75) is 38.3 Å². The maximum absolute atomic E-state index is 14.3. The fourth-order valence-corrected chi connectivity index (χ4v) is 5.46. The lowest BCUT2D eigenvalue weighted by Crippen LogP contribution is -2.40. The fourth-order valence-electron chi connectivity index (χ4n) is 4.75. The first-order valence-electron chi connectivity index (χ1n) is 11.1. The van der Waals surface area contributed by atoms with E-state index in [4.69, 9.17) is 0 Å². The first kappa shape index (κ1) is 24.9. The molecule has 184 valence electrons. The highest BCUT2D eigenvalue weighted by Gasteiger charge is 2.43. The van der Waals surface area contributed by atoms with Gasteiger partial charge < -0.3 is 10.4 Å². The van der Waals surface area contributed by atoms with Gasteiger partial charge in [-0.15, -0.1) is 11.3 Å².